The van der Waals surface area contributed by atoms with Gasteiger partial charge in [-0.05, 0) is 68.1 Å². The van der Waals surface area contributed by atoms with Crippen molar-refractivity contribution in [1.29, 1.82) is 0 Å². The fourth-order valence-corrected chi connectivity index (χ4v) is 4.37. The van der Waals surface area contributed by atoms with Gasteiger partial charge in [-0.3, -0.25) is 0 Å². The van der Waals surface area contributed by atoms with Gasteiger partial charge in [-0.25, -0.2) is 9.59 Å². The van der Waals surface area contributed by atoms with E-state index >= 15 is 0 Å². The lowest BCUT2D eigenvalue weighted by Gasteiger charge is -2.18. The number of hydrogen-bond donors (Lipinski definition) is 2. The van der Waals surface area contributed by atoms with E-state index in [1.54, 1.807) is 36.4 Å². The highest BCUT2D eigenvalue weighted by molar-refractivity contribution is 6.21. The van der Waals surface area contributed by atoms with Gasteiger partial charge in [0.15, 0.2) is 0 Å². The number of benzene rings is 5. The van der Waals surface area contributed by atoms with E-state index in [0.29, 0.717) is 0 Å². The predicted octanol–water partition coefficient (Wildman–Crippen LogP) is 6.72. The van der Waals surface area contributed by atoms with Gasteiger partial charge in [0, 0.05) is 0 Å². The Morgan fingerprint density at radius 1 is 0.469 bits per heavy atom. The molecule has 0 aromatic heterocycles. The molecule has 5 aromatic rings. The minimum Gasteiger partial charge on any atom is -0.478 e. The molecular weight excluding hydrogens is 400 g/mol. The molecule has 0 spiro atoms. The Bertz CT molecular complexity index is 1360. The van der Waals surface area contributed by atoms with E-state index in [-0.39, 0.29) is 11.1 Å². The van der Waals surface area contributed by atoms with Gasteiger partial charge in [0.1, 0.15) is 0 Å². The zero-order valence-corrected chi connectivity index (χ0v) is 16.9. The minimum atomic E-state index is -0.970. The van der Waals surface area contributed by atoms with Crippen LogP contribution in [-0.2, 0) is 0 Å². The number of carbonyl (C=O) groups is 2. The molecule has 32 heavy (non-hydrogen) atoms. The first-order valence-corrected chi connectivity index (χ1v) is 10.2. The van der Waals surface area contributed by atoms with E-state index < -0.39 is 11.9 Å². The summed E-state index contributed by atoms with van der Waals surface area (Å²) >= 11 is 0. The summed E-state index contributed by atoms with van der Waals surface area (Å²) in [5, 5.41) is 22.9. The van der Waals surface area contributed by atoms with Gasteiger partial charge in [-0.2, -0.15) is 0 Å². The molecule has 0 fully saturated rings. The van der Waals surface area contributed by atoms with Crippen LogP contribution >= 0.6 is 0 Å². The minimum absolute atomic E-state index is 0.230. The smallest absolute Gasteiger partial charge is 0.335 e. The van der Waals surface area contributed by atoms with Crippen LogP contribution in [-0.4, -0.2) is 22.2 Å². The summed E-state index contributed by atoms with van der Waals surface area (Å²) in [7, 11) is 0. The van der Waals surface area contributed by atoms with Crippen LogP contribution in [0.5, 0.6) is 0 Å². The highest BCUT2D eigenvalue weighted by Gasteiger charge is 2.17. The van der Waals surface area contributed by atoms with Crippen LogP contribution in [0.2, 0.25) is 0 Å². The molecule has 0 amide bonds. The maximum absolute atomic E-state index is 11.6. The summed E-state index contributed by atoms with van der Waals surface area (Å²) in [6.07, 6.45) is 0. The van der Waals surface area contributed by atoms with Crippen molar-refractivity contribution in [3.8, 4) is 22.3 Å². The second-order valence-corrected chi connectivity index (χ2v) is 7.61. The van der Waals surface area contributed by atoms with Crippen molar-refractivity contribution in [3.63, 3.8) is 0 Å². The van der Waals surface area contributed by atoms with E-state index in [2.05, 4.69) is 0 Å². The van der Waals surface area contributed by atoms with Crippen molar-refractivity contribution in [3.05, 3.63) is 108 Å². The van der Waals surface area contributed by atoms with Gasteiger partial charge in [0.25, 0.3) is 0 Å². The first-order chi connectivity index (χ1) is 15.5. The molecule has 0 heterocycles. The summed E-state index contributed by atoms with van der Waals surface area (Å²) in [4.78, 5) is 23.2. The largest absolute Gasteiger partial charge is 0.478 e. The first kappa shape index (κ1) is 19.5. The third kappa shape index (κ3) is 3.19. The van der Waals surface area contributed by atoms with Crippen LogP contribution in [0.1, 0.15) is 20.7 Å². The number of rotatable bonds is 4. The van der Waals surface area contributed by atoms with Gasteiger partial charge in [-0.1, -0.05) is 72.8 Å². The zero-order valence-electron chi connectivity index (χ0n) is 16.9. The van der Waals surface area contributed by atoms with Crippen molar-refractivity contribution in [2.24, 2.45) is 0 Å². The number of fused-ring (bicyclic) bond motifs is 2. The Morgan fingerprint density at radius 2 is 0.812 bits per heavy atom. The Balaban J connectivity index is 1.93. The topological polar surface area (TPSA) is 74.6 Å². The monoisotopic (exact) mass is 418 g/mol. The maximum atomic E-state index is 11.6. The second-order valence-electron chi connectivity index (χ2n) is 7.61. The number of hydrogen-bond acceptors (Lipinski definition) is 2. The molecule has 2 N–H and O–H groups in total. The lowest BCUT2D eigenvalue weighted by Crippen LogP contribution is -1.97. The van der Waals surface area contributed by atoms with Gasteiger partial charge < -0.3 is 10.2 Å². The van der Waals surface area contributed by atoms with E-state index in [9.17, 15) is 19.8 Å². The van der Waals surface area contributed by atoms with Crippen LogP contribution < -0.4 is 0 Å². The highest BCUT2D eigenvalue weighted by atomic mass is 16.4. The molecule has 0 atom stereocenters. The molecule has 0 aliphatic carbocycles. The average molecular weight is 418 g/mol. The van der Waals surface area contributed by atoms with Gasteiger partial charge in [0.2, 0.25) is 0 Å². The van der Waals surface area contributed by atoms with E-state index in [1.165, 1.54) is 0 Å². The lowest BCUT2D eigenvalue weighted by atomic mass is 9.85. The zero-order chi connectivity index (χ0) is 22.2. The Hall–Kier alpha value is -4.44. The summed E-state index contributed by atoms with van der Waals surface area (Å²) in [5.74, 6) is -1.94. The van der Waals surface area contributed by atoms with Crippen LogP contribution in [0.4, 0.5) is 0 Å². The predicted molar refractivity (Wildman–Crippen MR) is 126 cm³/mol. The molecule has 0 saturated heterocycles. The number of aromatic carboxylic acids is 2. The molecule has 0 bridgehead atoms. The fraction of sp³-hybridized carbons (Fsp3) is 0. The molecule has 154 valence electrons. The van der Waals surface area contributed by atoms with Crippen LogP contribution in [0, 0.1) is 0 Å². The van der Waals surface area contributed by atoms with Gasteiger partial charge >= 0.3 is 11.9 Å². The van der Waals surface area contributed by atoms with E-state index in [0.717, 1.165) is 43.8 Å². The normalized spacial score (nSPS) is 11.0. The first-order valence-electron chi connectivity index (χ1n) is 10.2. The summed E-state index contributed by atoms with van der Waals surface area (Å²) in [6, 6.07) is 29.8. The fourth-order valence-electron chi connectivity index (χ4n) is 4.37. The second kappa shape index (κ2) is 7.67. The average Bonchev–Trinajstić information content (AvgIpc) is 2.82. The number of carboxylic acid groups (broad SMARTS) is 2. The summed E-state index contributed by atoms with van der Waals surface area (Å²) in [6.45, 7) is 0. The molecule has 0 aliphatic heterocycles. The van der Waals surface area contributed by atoms with Gasteiger partial charge in [-0.15, -0.1) is 0 Å². The molecule has 4 heteroatoms. The molecule has 5 rings (SSSR count). The molecule has 5 aromatic carbocycles. The molecular formula is C28H18O4. The number of carboxylic acids is 2. The quantitative estimate of drug-likeness (QED) is 0.318. The standard InChI is InChI=1S/C28H18O4/c29-27(30)19-9-5-7-17(15-19)25-21-11-1-2-12-22(21)26(24-14-4-3-13-23(24)25)18-8-6-10-20(16-18)28(31)32/h1-16H,(H,29,30)(H,31,32). The van der Waals surface area contributed by atoms with Crippen LogP contribution in [0.15, 0.2) is 97.1 Å². The van der Waals surface area contributed by atoms with E-state index in [1.807, 2.05) is 60.7 Å². The van der Waals surface area contributed by atoms with Crippen molar-refractivity contribution in [1.82, 2.24) is 0 Å². The van der Waals surface area contributed by atoms with Crippen molar-refractivity contribution < 1.29 is 19.8 Å². The van der Waals surface area contributed by atoms with E-state index in [4.69, 9.17) is 0 Å². The van der Waals surface area contributed by atoms with Crippen LogP contribution in [0.3, 0.4) is 0 Å². The molecule has 0 radical (unpaired) electrons. The third-order valence-electron chi connectivity index (χ3n) is 5.73. The van der Waals surface area contributed by atoms with Crippen LogP contribution in [0.25, 0.3) is 43.8 Å². The summed E-state index contributed by atoms with van der Waals surface area (Å²) < 4.78 is 0. The maximum Gasteiger partial charge on any atom is 0.335 e. The molecule has 4 nitrogen and oxygen atoms in total. The van der Waals surface area contributed by atoms with Crippen molar-refractivity contribution >= 4 is 33.5 Å². The molecule has 0 unspecified atom stereocenters. The SMILES string of the molecule is O=C(O)c1cccc(-c2c3ccccc3c(-c3cccc(C(=O)O)c3)c3ccccc23)c1. The third-order valence-corrected chi connectivity index (χ3v) is 5.73. The Kier molecular flexibility index (Phi) is 4.68. The highest BCUT2D eigenvalue weighted by Crippen LogP contribution is 2.43. The van der Waals surface area contributed by atoms with Crippen molar-refractivity contribution in [2.45, 2.75) is 0 Å². The lowest BCUT2D eigenvalue weighted by molar-refractivity contribution is 0.0686. The molecule has 0 saturated carbocycles. The summed E-state index contributed by atoms with van der Waals surface area (Å²) in [5.41, 5.74) is 4.02. The Labute approximate surface area is 184 Å². The van der Waals surface area contributed by atoms with Crippen molar-refractivity contribution in [2.75, 3.05) is 0 Å². The Morgan fingerprint density at radius 3 is 1.12 bits per heavy atom. The molecule has 0 aliphatic rings. The van der Waals surface area contributed by atoms with Gasteiger partial charge in [0.05, 0.1) is 11.1 Å².